The molecule has 18 heavy (non-hydrogen) atoms. The Kier molecular flexibility index (Phi) is 6.72. The second-order valence-corrected chi connectivity index (χ2v) is 6.24. The molecule has 1 N–H and O–H groups in total. The molecule has 0 amide bonds. The van der Waals surface area contributed by atoms with E-state index < -0.39 is 0 Å². The molecule has 0 bridgehead atoms. The Balaban J connectivity index is 2.55. The van der Waals surface area contributed by atoms with Crippen molar-refractivity contribution in [1.29, 1.82) is 0 Å². The van der Waals surface area contributed by atoms with Crippen molar-refractivity contribution in [2.75, 3.05) is 13.1 Å². The van der Waals surface area contributed by atoms with Gasteiger partial charge >= 0.3 is 0 Å². The Labute approximate surface area is 119 Å². The van der Waals surface area contributed by atoms with Crippen molar-refractivity contribution in [2.45, 2.75) is 33.8 Å². The maximum absolute atomic E-state index is 6.08. The fourth-order valence-corrected chi connectivity index (χ4v) is 2.01. The number of hydrogen-bond acceptors (Lipinski definition) is 2. The van der Waals surface area contributed by atoms with Crippen LogP contribution in [0, 0.1) is 11.8 Å². The highest BCUT2D eigenvalue weighted by molar-refractivity contribution is 9.10. The SMILES string of the molecule is CC(C)CNCC(Oc1ccccc1Br)C(C)C. The molecular weight excluding hydrogens is 290 g/mol. The summed E-state index contributed by atoms with van der Waals surface area (Å²) < 4.78 is 7.09. The molecule has 0 radical (unpaired) electrons. The highest BCUT2D eigenvalue weighted by atomic mass is 79.9. The van der Waals surface area contributed by atoms with Crippen LogP contribution in [0.25, 0.3) is 0 Å². The first-order valence-corrected chi connectivity index (χ1v) is 7.42. The Hall–Kier alpha value is -0.540. The van der Waals surface area contributed by atoms with Crippen molar-refractivity contribution in [3.05, 3.63) is 28.7 Å². The quantitative estimate of drug-likeness (QED) is 0.818. The Morgan fingerprint density at radius 1 is 1.11 bits per heavy atom. The van der Waals surface area contributed by atoms with Gasteiger partial charge in [0, 0.05) is 6.54 Å². The van der Waals surface area contributed by atoms with Crippen molar-refractivity contribution in [2.24, 2.45) is 11.8 Å². The van der Waals surface area contributed by atoms with Crippen molar-refractivity contribution < 1.29 is 4.74 Å². The average molecular weight is 314 g/mol. The highest BCUT2D eigenvalue weighted by Crippen LogP contribution is 2.26. The topological polar surface area (TPSA) is 21.3 Å². The molecule has 0 spiro atoms. The molecule has 0 heterocycles. The monoisotopic (exact) mass is 313 g/mol. The van der Waals surface area contributed by atoms with Gasteiger partial charge in [0.05, 0.1) is 4.47 Å². The lowest BCUT2D eigenvalue weighted by Gasteiger charge is -2.24. The third-order valence-electron chi connectivity index (χ3n) is 2.76. The maximum Gasteiger partial charge on any atom is 0.133 e. The van der Waals surface area contributed by atoms with E-state index in [0.717, 1.165) is 23.3 Å². The van der Waals surface area contributed by atoms with Gasteiger partial charge in [-0.1, -0.05) is 39.8 Å². The van der Waals surface area contributed by atoms with Gasteiger partial charge in [0.15, 0.2) is 0 Å². The molecule has 1 rings (SSSR count). The first kappa shape index (κ1) is 15.5. The lowest BCUT2D eigenvalue weighted by atomic mass is 10.1. The lowest BCUT2D eigenvalue weighted by Crippen LogP contribution is -2.37. The van der Waals surface area contributed by atoms with Crippen LogP contribution < -0.4 is 10.1 Å². The van der Waals surface area contributed by atoms with Gasteiger partial charge < -0.3 is 10.1 Å². The largest absolute Gasteiger partial charge is 0.488 e. The zero-order valence-electron chi connectivity index (χ0n) is 11.7. The number of rotatable bonds is 7. The minimum atomic E-state index is 0.197. The number of para-hydroxylation sites is 1. The van der Waals surface area contributed by atoms with Crippen LogP contribution >= 0.6 is 15.9 Å². The molecule has 0 saturated heterocycles. The van der Waals surface area contributed by atoms with E-state index in [4.69, 9.17) is 4.74 Å². The minimum Gasteiger partial charge on any atom is -0.488 e. The van der Waals surface area contributed by atoms with Crippen molar-refractivity contribution in [3.8, 4) is 5.75 Å². The van der Waals surface area contributed by atoms with Gasteiger partial charge in [-0.3, -0.25) is 0 Å². The van der Waals surface area contributed by atoms with E-state index in [-0.39, 0.29) is 6.10 Å². The predicted octanol–water partition coefficient (Wildman–Crippen LogP) is 4.10. The van der Waals surface area contributed by atoms with Gasteiger partial charge in [-0.2, -0.15) is 0 Å². The predicted molar refractivity (Wildman–Crippen MR) is 81.1 cm³/mol. The summed E-state index contributed by atoms with van der Waals surface area (Å²) in [5.74, 6) is 2.07. The highest BCUT2D eigenvalue weighted by Gasteiger charge is 2.16. The van der Waals surface area contributed by atoms with Crippen LogP contribution in [0.2, 0.25) is 0 Å². The molecule has 1 aromatic rings. The first-order valence-electron chi connectivity index (χ1n) is 6.62. The Bertz CT molecular complexity index is 352. The first-order chi connectivity index (χ1) is 8.50. The molecule has 0 saturated carbocycles. The third-order valence-corrected chi connectivity index (χ3v) is 3.41. The molecule has 0 aliphatic rings. The minimum absolute atomic E-state index is 0.197. The second-order valence-electron chi connectivity index (χ2n) is 5.38. The van der Waals surface area contributed by atoms with E-state index in [9.17, 15) is 0 Å². The smallest absolute Gasteiger partial charge is 0.133 e. The molecule has 1 aromatic carbocycles. The van der Waals surface area contributed by atoms with Gasteiger partial charge in [0.1, 0.15) is 11.9 Å². The molecule has 0 aliphatic carbocycles. The fraction of sp³-hybridized carbons (Fsp3) is 0.600. The summed E-state index contributed by atoms with van der Waals surface area (Å²) in [5.41, 5.74) is 0. The summed E-state index contributed by atoms with van der Waals surface area (Å²) in [4.78, 5) is 0. The molecule has 1 unspecified atom stereocenters. The van der Waals surface area contributed by atoms with Crippen LogP contribution in [-0.4, -0.2) is 19.2 Å². The third kappa shape index (κ3) is 5.40. The number of ether oxygens (including phenoxy) is 1. The molecule has 0 aromatic heterocycles. The Morgan fingerprint density at radius 3 is 2.33 bits per heavy atom. The van der Waals surface area contributed by atoms with E-state index in [1.165, 1.54) is 0 Å². The lowest BCUT2D eigenvalue weighted by molar-refractivity contribution is 0.147. The van der Waals surface area contributed by atoms with Crippen LogP contribution in [0.15, 0.2) is 28.7 Å². The van der Waals surface area contributed by atoms with Crippen molar-refractivity contribution >= 4 is 15.9 Å². The Morgan fingerprint density at radius 2 is 1.78 bits per heavy atom. The van der Waals surface area contributed by atoms with Crippen LogP contribution in [0.3, 0.4) is 0 Å². The number of hydrogen-bond donors (Lipinski definition) is 1. The number of benzene rings is 1. The van der Waals surface area contributed by atoms with Gasteiger partial charge in [-0.05, 0) is 46.4 Å². The van der Waals surface area contributed by atoms with E-state index in [0.29, 0.717) is 11.8 Å². The summed E-state index contributed by atoms with van der Waals surface area (Å²) >= 11 is 3.52. The van der Waals surface area contributed by atoms with Crippen LogP contribution in [-0.2, 0) is 0 Å². The standard InChI is InChI=1S/C15H24BrNO/c1-11(2)9-17-10-15(12(3)4)18-14-8-6-5-7-13(14)16/h5-8,11-12,15,17H,9-10H2,1-4H3. The van der Waals surface area contributed by atoms with Gasteiger partial charge in [-0.15, -0.1) is 0 Å². The second kappa shape index (κ2) is 7.80. The van der Waals surface area contributed by atoms with E-state index in [1.54, 1.807) is 0 Å². The molecule has 0 aliphatic heterocycles. The summed E-state index contributed by atoms with van der Waals surface area (Å²) in [6.07, 6.45) is 0.197. The maximum atomic E-state index is 6.08. The van der Waals surface area contributed by atoms with Gasteiger partial charge in [-0.25, -0.2) is 0 Å². The van der Waals surface area contributed by atoms with E-state index >= 15 is 0 Å². The normalized spacial score (nSPS) is 13.1. The zero-order chi connectivity index (χ0) is 13.5. The summed E-state index contributed by atoms with van der Waals surface area (Å²) in [6, 6.07) is 8.01. The molecule has 1 atom stereocenters. The summed E-state index contributed by atoms with van der Waals surface area (Å²) in [7, 11) is 0. The van der Waals surface area contributed by atoms with Gasteiger partial charge in [0.2, 0.25) is 0 Å². The zero-order valence-corrected chi connectivity index (χ0v) is 13.3. The fourth-order valence-electron chi connectivity index (χ4n) is 1.63. The van der Waals surface area contributed by atoms with Crippen LogP contribution in [0.1, 0.15) is 27.7 Å². The molecule has 0 fully saturated rings. The van der Waals surface area contributed by atoms with Gasteiger partial charge in [0.25, 0.3) is 0 Å². The molecule has 2 nitrogen and oxygen atoms in total. The summed E-state index contributed by atoms with van der Waals surface area (Å²) in [5, 5.41) is 3.47. The summed E-state index contributed by atoms with van der Waals surface area (Å²) in [6.45, 7) is 10.7. The molecule has 102 valence electrons. The van der Waals surface area contributed by atoms with E-state index in [1.807, 2.05) is 24.3 Å². The van der Waals surface area contributed by atoms with Crippen LogP contribution in [0.4, 0.5) is 0 Å². The number of halogens is 1. The average Bonchev–Trinajstić information content (AvgIpc) is 2.29. The molecule has 3 heteroatoms. The van der Waals surface area contributed by atoms with Crippen molar-refractivity contribution in [3.63, 3.8) is 0 Å². The van der Waals surface area contributed by atoms with E-state index in [2.05, 4.69) is 48.9 Å². The van der Waals surface area contributed by atoms with Crippen LogP contribution in [0.5, 0.6) is 5.75 Å². The van der Waals surface area contributed by atoms with Crippen molar-refractivity contribution in [1.82, 2.24) is 5.32 Å². The number of nitrogens with one attached hydrogen (secondary N) is 1. The molecular formula is C15H24BrNO.